The van der Waals surface area contributed by atoms with Gasteiger partial charge in [-0.15, -0.1) is 0 Å². The molecule has 0 saturated heterocycles. The molecular weight excluding hydrogens is 502 g/mol. The molecule has 0 spiro atoms. The van der Waals surface area contributed by atoms with Crippen molar-refractivity contribution < 1.29 is 5.11 Å². The predicted molar refractivity (Wildman–Crippen MR) is 153 cm³/mol. The zero-order valence-electron chi connectivity index (χ0n) is 21.2. The fraction of sp³-hybridized carbons (Fsp3) is 0.0667. The van der Waals surface area contributed by atoms with Crippen LogP contribution in [0.4, 0.5) is 5.69 Å². The summed E-state index contributed by atoms with van der Waals surface area (Å²) in [6, 6.07) is 19.5. The van der Waals surface area contributed by atoms with E-state index in [1.54, 1.807) is 37.2 Å². The molecule has 7 aromatic rings. The first-order valence-electron chi connectivity index (χ1n) is 12.7. The topological polar surface area (TPSA) is 141 Å². The summed E-state index contributed by atoms with van der Waals surface area (Å²) in [5, 5.41) is 22.1. The lowest BCUT2D eigenvalue weighted by Gasteiger charge is -2.14. The van der Waals surface area contributed by atoms with Crippen molar-refractivity contribution in [2.75, 3.05) is 5.32 Å². The Morgan fingerprint density at radius 3 is 2.58 bits per heavy atom. The first-order valence-corrected chi connectivity index (χ1v) is 12.7. The number of aromatic nitrogens is 8. The van der Waals surface area contributed by atoms with Gasteiger partial charge in [0.2, 0.25) is 0 Å². The minimum absolute atomic E-state index is 0.475. The molecule has 0 bridgehead atoms. The number of H-pyrrole nitrogens is 2. The van der Waals surface area contributed by atoms with E-state index in [2.05, 4.69) is 40.4 Å². The SMILES string of the molecule is OC(Cc1ccccc1)Nc1cncc(-c2cc3c(-c4nc5c(-c6cccnc6)nccc5[nH]4)n[nH]c3cn2)c1. The van der Waals surface area contributed by atoms with Crippen LogP contribution in [-0.2, 0) is 6.42 Å². The van der Waals surface area contributed by atoms with E-state index >= 15 is 0 Å². The normalized spacial score (nSPS) is 12.1. The Balaban J connectivity index is 1.21. The van der Waals surface area contributed by atoms with Gasteiger partial charge in [0.15, 0.2) is 5.82 Å². The highest BCUT2D eigenvalue weighted by Crippen LogP contribution is 2.31. The molecule has 6 aromatic heterocycles. The van der Waals surface area contributed by atoms with Crippen LogP contribution in [0.15, 0.2) is 97.8 Å². The third kappa shape index (κ3) is 4.52. The summed E-state index contributed by atoms with van der Waals surface area (Å²) in [4.78, 5) is 26.0. The molecule has 10 nitrogen and oxygen atoms in total. The van der Waals surface area contributed by atoms with Crippen LogP contribution in [0.5, 0.6) is 0 Å². The summed E-state index contributed by atoms with van der Waals surface area (Å²) in [5.41, 5.74) is 7.95. The van der Waals surface area contributed by atoms with Crippen LogP contribution in [0.25, 0.3) is 56.0 Å². The number of fused-ring (bicyclic) bond motifs is 2. The fourth-order valence-corrected chi connectivity index (χ4v) is 4.76. The van der Waals surface area contributed by atoms with Crippen molar-refractivity contribution in [1.29, 1.82) is 0 Å². The smallest absolute Gasteiger partial charge is 0.159 e. The molecule has 194 valence electrons. The summed E-state index contributed by atoms with van der Waals surface area (Å²) in [7, 11) is 0. The second-order valence-electron chi connectivity index (χ2n) is 9.38. The van der Waals surface area contributed by atoms with Crippen molar-refractivity contribution >= 4 is 27.6 Å². The van der Waals surface area contributed by atoms with Gasteiger partial charge in [0.05, 0.1) is 40.5 Å². The van der Waals surface area contributed by atoms with Gasteiger partial charge in [-0.05, 0) is 35.9 Å². The molecule has 4 N–H and O–H groups in total. The average Bonchev–Trinajstić information content (AvgIpc) is 3.62. The third-order valence-corrected chi connectivity index (χ3v) is 6.65. The molecule has 40 heavy (non-hydrogen) atoms. The Morgan fingerprint density at radius 2 is 1.70 bits per heavy atom. The third-order valence-electron chi connectivity index (χ3n) is 6.65. The Bertz CT molecular complexity index is 1930. The molecule has 0 saturated carbocycles. The van der Waals surface area contributed by atoms with Gasteiger partial charge in [-0.2, -0.15) is 5.10 Å². The van der Waals surface area contributed by atoms with Crippen LogP contribution >= 0.6 is 0 Å². The highest BCUT2D eigenvalue weighted by Gasteiger charge is 2.17. The van der Waals surface area contributed by atoms with Crippen LogP contribution in [0.1, 0.15) is 5.56 Å². The molecule has 0 radical (unpaired) electrons. The molecule has 0 fully saturated rings. The molecule has 10 heteroatoms. The summed E-state index contributed by atoms with van der Waals surface area (Å²) in [5.74, 6) is 0.620. The molecule has 1 unspecified atom stereocenters. The maximum absolute atomic E-state index is 10.6. The Morgan fingerprint density at radius 1 is 0.800 bits per heavy atom. The number of pyridine rings is 4. The molecule has 6 heterocycles. The number of anilines is 1. The summed E-state index contributed by atoms with van der Waals surface area (Å²) in [6.45, 7) is 0. The van der Waals surface area contributed by atoms with Crippen LogP contribution in [-0.4, -0.2) is 51.4 Å². The first kappa shape index (κ1) is 23.6. The predicted octanol–water partition coefficient (Wildman–Crippen LogP) is 4.99. The van der Waals surface area contributed by atoms with Crippen LogP contribution in [0, 0.1) is 0 Å². The minimum Gasteiger partial charge on any atom is -0.373 e. The second-order valence-corrected chi connectivity index (χ2v) is 9.38. The number of hydrogen-bond acceptors (Lipinski definition) is 8. The molecule has 0 aliphatic carbocycles. The van der Waals surface area contributed by atoms with Gasteiger partial charge in [0, 0.05) is 47.7 Å². The van der Waals surface area contributed by atoms with Gasteiger partial charge >= 0.3 is 0 Å². The zero-order valence-corrected chi connectivity index (χ0v) is 21.2. The molecule has 0 aliphatic heterocycles. The Labute approximate surface area is 228 Å². The van der Waals surface area contributed by atoms with E-state index in [0.717, 1.165) is 50.0 Å². The number of hydrogen-bond donors (Lipinski definition) is 4. The van der Waals surface area contributed by atoms with Crippen LogP contribution < -0.4 is 5.32 Å². The lowest BCUT2D eigenvalue weighted by Crippen LogP contribution is -2.21. The summed E-state index contributed by atoms with van der Waals surface area (Å²) < 4.78 is 0. The van der Waals surface area contributed by atoms with Gasteiger partial charge in [0.25, 0.3) is 0 Å². The number of aromatic amines is 2. The van der Waals surface area contributed by atoms with Gasteiger partial charge in [0.1, 0.15) is 17.4 Å². The summed E-state index contributed by atoms with van der Waals surface area (Å²) in [6.07, 6.45) is 10.2. The molecule has 0 amide bonds. The quantitative estimate of drug-likeness (QED) is 0.213. The minimum atomic E-state index is -0.755. The van der Waals surface area contributed by atoms with Crippen LogP contribution in [0.2, 0.25) is 0 Å². The maximum atomic E-state index is 10.6. The number of rotatable bonds is 7. The van der Waals surface area contributed by atoms with E-state index in [1.807, 2.05) is 60.7 Å². The highest BCUT2D eigenvalue weighted by atomic mass is 16.3. The van der Waals surface area contributed by atoms with E-state index in [9.17, 15) is 5.11 Å². The molecule has 1 aromatic carbocycles. The van der Waals surface area contributed by atoms with Crippen molar-refractivity contribution in [3.8, 4) is 34.0 Å². The zero-order chi connectivity index (χ0) is 26.9. The molecule has 1 atom stereocenters. The van der Waals surface area contributed by atoms with Crippen molar-refractivity contribution in [1.82, 2.24) is 40.1 Å². The number of aliphatic hydroxyl groups is 1. The van der Waals surface area contributed by atoms with E-state index < -0.39 is 6.23 Å². The monoisotopic (exact) mass is 525 g/mol. The van der Waals surface area contributed by atoms with Gasteiger partial charge in [-0.3, -0.25) is 25.0 Å². The number of nitrogens with zero attached hydrogens (tertiary/aromatic N) is 6. The van der Waals surface area contributed by atoms with Crippen molar-refractivity contribution in [3.63, 3.8) is 0 Å². The largest absolute Gasteiger partial charge is 0.373 e. The van der Waals surface area contributed by atoms with E-state index in [4.69, 9.17) is 4.98 Å². The maximum Gasteiger partial charge on any atom is 0.159 e. The number of nitrogens with one attached hydrogen (secondary N) is 3. The molecule has 7 rings (SSSR count). The van der Waals surface area contributed by atoms with Crippen LogP contribution in [0.3, 0.4) is 0 Å². The van der Waals surface area contributed by atoms with Crippen molar-refractivity contribution in [3.05, 3.63) is 103 Å². The lowest BCUT2D eigenvalue weighted by atomic mass is 10.1. The number of aliphatic hydroxyl groups excluding tert-OH is 1. The van der Waals surface area contributed by atoms with E-state index in [1.165, 1.54) is 0 Å². The van der Waals surface area contributed by atoms with Gasteiger partial charge < -0.3 is 15.4 Å². The number of benzene rings is 1. The van der Waals surface area contributed by atoms with E-state index in [-0.39, 0.29) is 0 Å². The lowest BCUT2D eigenvalue weighted by molar-refractivity contribution is 0.204. The van der Waals surface area contributed by atoms with Gasteiger partial charge in [-0.1, -0.05) is 30.3 Å². The molecule has 0 aliphatic rings. The highest BCUT2D eigenvalue weighted by molar-refractivity contribution is 5.96. The summed E-state index contributed by atoms with van der Waals surface area (Å²) >= 11 is 0. The number of imidazole rings is 1. The van der Waals surface area contributed by atoms with Crippen molar-refractivity contribution in [2.24, 2.45) is 0 Å². The Kier molecular flexibility index (Phi) is 5.91. The Hall–Kier alpha value is -5.48. The van der Waals surface area contributed by atoms with Crippen molar-refractivity contribution in [2.45, 2.75) is 12.6 Å². The average molecular weight is 526 g/mol. The van der Waals surface area contributed by atoms with E-state index in [0.29, 0.717) is 23.6 Å². The first-order chi connectivity index (χ1) is 19.7. The standard InChI is InChI=1S/C30H23N9O/c40-26(11-18-5-2-1-3-6-18)35-21-12-20(15-32-16-21)24-13-22-25(17-34-24)38-39-28(22)30-36-23-8-10-33-27(29(23)37-30)19-7-4-9-31-14-19/h1-10,12-17,26,35,40H,11H2,(H,36,37)(H,38,39). The fourth-order valence-electron chi connectivity index (χ4n) is 4.76. The molecular formula is C30H23N9O. The van der Waals surface area contributed by atoms with Gasteiger partial charge in [-0.25, -0.2) is 4.98 Å². The second kappa shape index (κ2) is 10.0.